The van der Waals surface area contributed by atoms with E-state index in [9.17, 15) is 4.79 Å². The first-order valence-corrected chi connectivity index (χ1v) is 8.91. The molecule has 0 unspecified atom stereocenters. The summed E-state index contributed by atoms with van der Waals surface area (Å²) < 4.78 is 11.3. The monoisotopic (exact) mass is 367 g/mol. The maximum Gasteiger partial charge on any atom is 0.266 e. The van der Waals surface area contributed by atoms with Crippen molar-refractivity contribution in [3.8, 4) is 5.75 Å². The van der Waals surface area contributed by atoms with Crippen molar-refractivity contribution in [2.24, 2.45) is 0 Å². The molecule has 1 aromatic carbocycles. The molecule has 1 N–H and O–H groups in total. The van der Waals surface area contributed by atoms with Crippen LogP contribution in [0.25, 0.3) is 0 Å². The van der Waals surface area contributed by atoms with Gasteiger partial charge < -0.3 is 9.47 Å². The number of hydrogen-bond donors (Lipinski definition) is 1. The number of halogens is 1. The van der Waals surface area contributed by atoms with Gasteiger partial charge >= 0.3 is 0 Å². The molecule has 0 spiro atoms. The molecule has 1 aliphatic rings. The second-order valence-corrected chi connectivity index (χ2v) is 7.05. The van der Waals surface area contributed by atoms with Gasteiger partial charge in [-0.2, -0.15) is 0 Å². The zero-order valence-corrected chi connectivity index (χ0v) is 15.0. The van der Waals surface area contributed by atoms with Crippen LogP contribution in [0, 0.1) is 6.92 Å². The fourth-order valence-corrected chi connectivity index (χ4v) is 3.44. The molecule has 2 heterocycles. The maximum absolute atomic E-state index is 12.3. The molecular weight excluding hydrogens is 350 g/mol. The zero-order chi connectivity index (χ0) is 17.1. The third-order valence-electron chi connectivity index (χ3n) is 3.69. The Balaban J connectivity index is 1.59. The van der Waals surface area contributed by atoms with Crippen LogP contribution < -0.4 is 10.1 Å². The van der Waals surface area contributed by atoms with E-state index in [-0.39, 0.29) is 12.0 Å². The van der Waals surface area contributed by atoms with Gasteiger partial charge in [-0.3, -0.25) is 10.1 Å². The third kappa shape index (κ3) is 4.03. The molecule has 0 aliphatic carbocycles. The summed E-state index contributed by atoms with van der Waals surface area (Å²) in [5.41, 5.74) is 0.874. The van der Waals surface area contributed by atoms with E-state index < -0.39 is 6.10 Å². The molecule has 2 aromatic rings. The lowest BCUT2D eigenvalue weighted by Gasteiger charge is -2.15. The topological polar surface area (TPSA) is 73.3 Å². The third-order valence-corrected chi connectivity index (χ3v) is 4.85. The molecule has 1 saturated heterocycles. The van der Waals surface area contributed by atoms with Gasteiger partial charge in [0.1, 0.15) is 16.9 Å². The number of rotatable bonds is 5. The number of anilines is 1. The first-order valence-electron chi connectivity index (χ1n) is 7.71. The average Bonchev–Trinajstić information content (AvgIpc) is 3.20. The first kappa shape index (κ1) is 17.1. The molecule has 1 aromatic heterocycles. The molecule has 24 heavy (non-hydrogen) atoms. The molecule has 2 atom stereocenters. The summed E-state index contributed by atoms with van der Waals surface area (Å²) in [7, 11) is 0. The second-order valence-electron chi connectivity index (χ2n) is 5.61. The highest BCUT2D eigenvalue weighted by Crippen LogP contribution is 2.32. The highest BCUT2D eigenvalue weighted by atomic mass is 35.5. The van der Waals surface area contributed by atoms with Crippen LogP contribution in [0.2, 0.25) is 5.02 Å². The molecule has 1 amide bonds. The summed E-state index contributed by atoms with van der Waals surface area (Å²) in [6.07, 6.45) is 1.30. The SMILES string of the molecule is Cc1cc(Cl)ccc1O[C@@H](C)C(=O)Nc1nnc([C@H]2CCCO2)s1. The van der Waals surface area contributed by atoms with Crippen LogP contribution in [0.3, 0.4) is 0 Å². The minimum Gasteiger partial charge on any atom is -0.481 e. The summed E-state index contributed by atoms with van der Waals surface area (Å²) in [5.74, 6) is 0.346. The van der Waals surface area contributed by atoms with Crippen molar-refractivity contribution in [2.45, 2.75) is 38.9 Å². The van der Waals surface area contributed by atoms with Crippen LogP contribution in [0.5, 0.6) is 5.75 Å². The molecule has 128 valence electrons. The number of carbonyl (C=O) groups excluding carboxylic acids is 1. The van der Waals surface area contributed by atoms with E-state index in [4.69, 9.17) is 21.1 Å². The number of aryl methyl sites for hydroxylation is 1. The summed E-state index contributed by atoms with van der Waals surface area (Å²) >= 11 is 7.26. The van der Waals surface area contributed by atoms with Gasteiger partial charge in [-0.25, -0.2) is 0 Å². The minimum absolute atomic E-state index is 0.00135. The molecule has 8 heteroatoms. The van der Waals surface area contributed by atoms with Gasteiger partial charge in [0, 0.05) is 11.6 Å². The van der Waals surface area contributed by atoms with Gasteiger partial charge in [0.25, 0.3) is 5.91 Å². The van der Waals surface area contributed by atoms with Gasteiger partial charge in [-0.1, -0.05) is 22.9 Å². The lowest BCUT2D eigenvalue weighted by molar-refractivity contribution is -0.122. The molecule has 1 aliphatic heterocycles. The van der Waals surface area contributed by atoms with Gasteiger partial charge in [0.2, 0.25) is 5.13 Å². The molecule has 1 fully saturated rings. The van der Waals surface area contributed by atoms with Crippen LogP contribution >= 0.6 is 22.9 Å². The summed E-state index contributed by atoms with van der Waals surface area (Å²) in [4.78, 5) is 12.3. The Morgan fingerprint density at radius 3 is 3.04 bits per heavy atom. The summed E-state index contributed by atoms with van der Waals surface area (Å²) in [6.45, 7) is 4.31. The van der Waals surface area contributed by atoms with E-state index in [1.807, 2.05) is 6.92 Å². The highest BCUT2D eigenvalue weighted by molar-refractivity contribution is 7.15. The minimum atomic E-state index is -0.667. The molecule has 6 nitrogen and oxygen atoms in total. The predicted octanol–water partition coefficient (Wildman–Crippen LogP) is 3.76. The number of benzene rings is 1. The number of hydrogen-bond acceptors (Lipinski definition) is 6. The normalized spacial score (nSPS) is 18.4. The Bertz CT molecular complexity index is 731. The fourth-order valence-electron chi connectivity index (χ4n) is 2.38. The van der Waals surface area contributed by atoms with Gasteiger partial charge in [-0.15, -0.1) is 10.2 Å². The fraction of sp³-hybridized carbons (Fsp3) is 0.438. The van der Waals surface area contributed by atoms with Crippen molar-refractivity contribution in [3.05, 3.63) is 33.8 Å². The van der Waals surface area contributed by atoms with Crippen LogP contribution in [-0.4, -0.2) is 28.8 Å². The van der Waals surface area contributed by atoms with E-state index in [1.165, 1.54) is 11.3 Å². The van der Waals surface area contributed by atoms with E-state index in [0.29, 0.717) is 15.9 Å². The summed E-state index contributed by atoms with van der Waals surface area (Å²) in [5, 5.41) is 12.7. The number of nitrogens with one attached hydrogen (secondary N) is 1. The Hall–Kier alpha value is -1.70. The predicted molar refractivity (Wildman–Crippen MR) is 92.7 cm³/mol. The van der Waals surface area contributed by atoms with Gasteiger partial charge in [-0.05, 0) is 50.5 Å². The van der Waals surface area contributed by atoms with Crippen molar-refractivity contribution < 1.29 is 14.3 Å². The summed E-state index contributed by atoms with van der Waals surface area (Å²) in [6, 6.07) is 5.27. The Labute approximate surface area is 149 Å². The second kappa shape index (κ2) is 7.46. The zero-order valence-electron chi connectivity index (χ0n) is 13.4. The van der Waals surface area contributed by atoms with E-state index >= 15 is 0 Å². The number of ether oxygens (including phenoxy) is 2. The smallest absolute Gasteiger partial charge is 0.266 e. The number of nitrogens with zero attached hydrogens (tertiary/aromatic N) is 2. The van der Waals surface area contributed by atoms with E-state index in [0.717, 1.165) is 30.0 Å². The lowest BCUT2D eigenvalue weighted by atomic mass is 10.2. The molecular formula is C16H18ClN3O3S. The molecule has 3 rings (SSSR count). The molecule has 0 saturated carbocycles. The van der Waals surface area contributed by atoms with Crippen LogP contribution in [0.1, 0.15) is 36.4 Å². The first-order chi connectivity index (χ1) is 11.5. The standard InChI is InChI=1S/C16H18ClN3O3S/c1-9-8-11(17)5-6-12(9)23-10(2)14(21)18-16-20-19-15(24-16)13-4-3-7-22-13/h5-6,8,10,13H,3-4,7H2,1-2H3,(H,18,20,21)/t10-,13+/m0/s1. The number of carbonyl (C=O) groups is 1. The molecule has 0 bridgehead atoms. The van der Waals surface area contributed by atoms with Crippen molar-refractivity contribution in [1.82, 2.24) is 10.2 Å². The molecule has 0 radical (unpaired) electrons. The number of aromatic nitrogens is 2. The van der Waals surface area contributed by atoms with Gasteiger partial charge in [0.05, 0.1) is 0 Å². The average molecular weight is 368 g/mol. The Morgan fingerprint density at radius 2 is 2.33 bits per heavy atom. The number of amides is 1. The Kier molecular flexibility index (Phi) is 5.33. The van der Waals surface area contributed by atoms with Crippen molar-refractivity contribution in [3.63, 3.8) is 0 Å². The van der Waals surface area contributed by atoms with E-state index in [1.54, 1.807) is 25.1 Å². The van der Waals surface area contributed by atoms with Crippen molar-refractivity contribution in [2.75, 3.05) is 11.9 Å². The van der Waals surface area contributed by atoms with Crippen LogP contribution in [-0.2, 0) is 9.53 Å². The van der Waals surface area contributed by atoms with Crippen molar-refractivity contribution >= 4 is 34.0 Å². The van der Waals surface area contributed by atoms with Crippen LogP contribution in [0.4, 0.5) is 5.13 Å². The quantitative estimate of drug-likeness (QED) is 0.871. The van der Waals surface area contributed by atoms with E-state index in [2.05, 4.69) is 15.5 Å². The largest absolute Gasteiger partial charge is 0.481 e. The van der Waals surface area contributed by atoms with Gasteiger partial charge in [0.15, 0.2) is 6.10 Å². The highest BCUT2D eigenvalue weighted by Gasteiger charge is 2.23. The maximum atomic E-state index is 12.3. The van der Waals surface area contributed by atoms with Crippen LogP contribution in [0.15, 0.2) is 18.2 Å². The lowest BCUT2D eigenvalue weighted by Crippen LogP contribution is -2.30. The van der Waals surface area contributed by atoms with Crippen molar-refractivity contribution in [1.29, 1.82) is 0 Å². The Morgan fingerprint density at radius 1 is 1.50 bits per heavy atom.